The van der Waals surface area contributed by atoms with Crippen LogP contribution in [0.5, 0.6) is 0 Å². The molecule has 0 aromatic heterocycles. The zero-order valence-electron chi connectivity index (χ0n) is 10.7. The zero-order chi connectivity index (χ0) is 13.1. The van der Waals surface area contributed by atoms with Crippen molar-refractivity contribution in [2.45, 2.75) is 38.8 Å². The van der Waals surface area contributed by atoms with E-state index in [1.54, 1.807) is 4.90 Å². The molecule has 0 spiro atoms. The molecule has 0 aliphatic carbocycles. The van der Waals surface area contributed by atoms with Gasteiger partial charge in [0.15, 0.2) is 0 Å². The van der Waals surface area contributed by atoms with Gasteiger partial charge in [0.1, 0.15) is 5.60 Å². The highest BCUT2D eigenvalue weighted by molar-refractivity contribution is 5.68. The van der Waals surface area contributed by atoms with Crippen molar-refractivity contribution in [1.29, 1.82) is 0 Å². The van der Waals surface area contributed by atoms with Gasteiger partial charge in [-0.2, -0.15) is 0 Å². The lowest BCUT2D eigenvalue weighted by Crippen LogP contribution is -2.42. The summed E-state index contributed by atoms with van der Waals surface area (Å²) in [5.74, 6) is 8.14. The number of nitrogens with zero attached hydrogens (tertiary/aromatic N) is 1. The van der Waals surface area contributed by atoms with Crippen LogP contribution < -0.4 is 11.3 Å². The minimum atomic E-state index is -0.465. The Balaban J connectivity index is 2.51. The molecule has 1 saturated heterocycles. The van der Waals surface area contributed by atoms with Gasteiger partial charge in [-0.1, -0.05) is 5.92 Å². The molecule has 1 fully saturated rings. The molecule has 0 aromatic carbocycles. The van der Waals surface area contributed by atoms with Crippen LogP contribution in [0.3, 0.4) is 0 Å². The van der Waals surface area contributed by atoms with Crippen molar-refractivity contribution in [2.75, 3.05) is 13.1 Å². The second kappa shape index (κ2) is 5.39. The molecule has 0 radical (unpaired) electrons. The summed E-state index contributed by atoms with van der Waals surface area (Å²) in [7, 11) is 0. The summed E-state index contributed by atoms with van der Waals surface area (Å²) in [6, 6.07) is -0.192. The Bertz CT molecular complexity index is 317. The first-order valence-corrected chi connectivity index (χ1v) is 5.77. The van der Waals surface area contributed by atoms with Gasteiger partial charge < -0.3 is 9.64 Å². The van der Waals surface area contributed by atoms with Crippen molar-refractivity contribution >= 4 is 6.09 Å². The standard InChI is InChI=1S/C12H21N3O2/c1-5-10(14-13)9-6-7-15(8-9)11(16)17-12(2,3)4/h1,9-10,14H,6-8,13H2,2-4H3. The first kappa shape index (κ1) is 13.8. The fraction of sp³-hybridized carbons (Fsp3) is 0.750. The molecule has 0 saturated carbocycles. The van der Waals surface area contributed by atoms with Gasteiger partial charge in [0.05, 0.1) is 6.04 Å². The summed E-state index contributed by atoms with van der Waals surface area (Å²) < 4.78 is 5.30. The van der Waals surface area contributed by atoms with E-state index in [-0.39, 0.29) is 18.1 Å². The van der Waals surface area contributed by atoms with E-state index in [0.29, 0.717) is 13.1 Å². The number of hydrogen-bond acceptors (Lipinski definition) is 4. The van der Waals surface area contributed by atoms with Crippen LogP contribution in [0.4, 0.5) is 4.79 Å². The number of amides is 1. The zero-order valence-corrected chi connectivity index (χ0v) is 10.7. The van der Waals surface area contributed by atoms with E-state index in [2.05, 4.69) is 11.3 Å². The third-order valence-corrected chi connectivity index (χ3v) is 2.71. The number of carbonyl (C=O) groups excluding carboxylic acids is 1. The van der Waals surface area contributed by atoms with Gasteiger partial charge in [-0.05, 0) is 27.2 Å². The number of likely N-dealkylation sites (tertiary alicyclic amines) is 1. The van der Waals surface area contributed by atoms with E-state index < -0.39 is 5.60 Å². The molecule has 5 nitrogen and oxygen atoms in total. The quantitative estimate of drug-likeness (QED) is 0.423. The minimum absolute atomic E-state index is 0.192. The Kier molecular flexibility index (Phi) is 4.38. The summed E-state index contributed by atoms with van der Waals surface area (Å²) >= 11 is 0. The maximum absolute atomic E-state index is 11.8. The molecule has 1 rings (SSSR count). The summed E-state index contributed by atoms with van der Waals surface area (Å²) in [6.45, 7) is 6.81. The molecular formula is C12H21N3O2. The van der Waals surface area contributed by atoms with Crippen LogP contribution in [-0.4, -0.2) is 35.7 Å². The smallest absolute Gasteiger partial charge is 0.410 e. The second-order valence-electron chi connectivity index (χ2n) is 5.29. The van der Waals surface area contributed by atoms with E-state index in [1.807, 2.05) is 20.8 Å². The summed E-state index contributed by atoms with van der Waals surface area (Å²) in [4.78, 5) is 13.5. The van der Waals surface area contributed by atoms with Crippen molar-refractivity contribution in [1.82, 2.24) is 10.3 Å². The third kappa shape index (κ3) is 3.91. The van der Waals surface area contributed by atoms with Crippen molar-refractivity contribution in [3.8, 4) is 12.3 Å². The van der Waals surface area contributed by atoms with Crippen molar-refractivity contribution < 1.29 is 9.53 Å². The number of nitrogens with one attached hydrogen (secondary N) is 1. The van der Waals surface area contributed by atoms with Gasteiger partial charge in [0, 0.05) is 19.0 Å². The molecule has 5 heteroatoms. The molecule has 0 bridgehead atoms. The molecule has 96 valence electrons. The Hall–Kier alpha value is -1.25. The number of rotatable bonds is 2. The molecule has 3 N–H and O–H groups in total. The lowest BCUT2D eigenvalue weighted by molar-refractivity contribution is 0.0287. The first-order chi connectivity index (χ1) is 7.87. The molecule has 0 aromatic rings. The summed E-state index contributed by atoms with van der Waals surface area (Å²) in [5, 5.41) is 0. The highest BCUT2D eigenvalue weighted by Crippen LogP contribution is 2.21. The number of nitrogens with two attached hydrogens (primary N) is 1. The maximum Gasteiger partial charge on any atom is 0.410 e. The first-order valence-electron chi connectivity index (χ1n) is 5.77. The highest BCUT2D eigenvalue weighted by Gasteiger charge is 2.32. The highest BCUT2D eigenvalue weighted by atomic mass is 16.6. The van der Waals surface area contributed by atoms with E-state index in [9.17, 15) is 4.79 Å². The average Bonchev–Trinajstić information content (AvgIpc) is 2.66. The topological polar surface area (TPSA) is 67.6 Å². The minimum Gasteiger partial charge on any atom is -0.444 e. The molecular weight excluding hydrogens is 218 g/mol. The predicted molar refractivity (Wildman–Crippen MR) is 65.9 cm³/mol. The number of hydrazine groups is 1. The van der Waals surface area contributed by atoms with Crippen LogP contribution in [0.15, 0.2) is 0 Å². The molecule has 1 amide bonds. The van der Waals surface area contributed by atoms with Crippen molar-refractivity contribution in [3.63, 3.8) is 0 Å². The number of hydrogen-bond donors (Lipinski definition) is 2. The fourth-order valence-corrected chi connectivity index (χ4v) is 1.87. The number of terminal acetylenes is 1. The van der Waals surface area contributed by atoms with E-state index in [1.165, 1.54) is 0 Å². The third-order valence-electron chi connectivity index (χ3n) is 2.71. The molecule has 1 aliphatic heterocycles. The van der Waals surface area contributed by atoms with Gasteiger partial charge in [-0.25, -0.2) is 10.2 Å². The molecule has 17 heavy (non-hydrogen) atoms. The predicted octanol–water partition coefficient (Wildman–Crippen LogP) is 0.708. The van der Waals surface area contributed by atoms with Crippen LogP contribution in [-0.2, 0) is 4.74 Å². The van der Waals surface area contributed by atoms with Crippen LogP contribution in [0.25, 0.3) is 0 Å². The number of ether oxygens (including phenoxy) is 1. The Morgan fingerprint density at radius 3 is 2.76 bits per heavy atom. The molecule has 1 heterocycles. The Morgan fingerprint density at radius 2 is 2.29 bits per heavy atom. The van der Waals surface area contributed by atoms with E-state index >= 15 is 0 Å². The molecule has 1 aliphatic rings. The molecule has 2 unspecified atom stereocenters. The monoisotopic (exact) mass is 239 g/mol. The Morgan fingerprint density at radius 1 is 1.65 bits per heavy atom. The van der Waals surface area contributed by atoms with Gasteiger partial charge in [0.25, 0.3) is 0 Å². The lowest BCUT2D eigenvalue weighted by atomic mass is 10.0. The van der Waals surface area contributed by atoms with Gasteiger partial charge in [-0.3, -0.25) is 5.84 Å². The van der Waals surface area contributed by atoms with Gasteiger partial charge in [0.2, 0.25) is 0 Å². The van der Waals surface area contributed by atoms with E-state index in [0.717, 1.165) is 6.42 Å². The van der Waals surface area contributed by atoms with Crippen LogP contribution in [0.1, 0.15) is 27.2 Å². The Labute approximate surface area is 103 Å². The van der Waals surface area contributed by atoms with E-state index in [4.69, 9.17) is 17.0 Å². The van der Waals surface area contributed by atoms with Crippen molar-refractivity contribution in [2.24, 2.45) is 11.8 Å². The number of carbonyl (C=O) groups is 1. The average molecular weight is 239 g/mol. The molecule has 2 atom stereocenters. The van der Waals surface area contributed by atoms with Gasteiger partial charge in [-0.15, -0.1) is 6.42 Å². The van der Waals surface area contributed by atoms with Crippen LogP contribution in [0, 0.1) is 18.3 Å². The largest absolute Gasteiger partial charge is 0.444 e. The second-order valence-corrected chi connectivity index (χ2v) is 5.29. The fourth-order valence-electron chi connectivity index (χ4n) is 1.87. The normalized spacial score (nSPS) is 22.1. The summed E-state index contributed by atoms with van der Waals surface area (Å²) in [5.41, 5.74) is 2.12. The van der Waals surface area contributed by atoms with Crippen LogP contribution >= 0.6 is 0 Å². The van der Waals surface area contributed by atoms with Gasteiger partial charge >= 0.3 is 6.09 Å². The maximum atomic E-state index is 11.8. The SMILES string of the molecule is C#CC(NN)C1CCN(C(=O)OC(C)(C)C)C1. The van der Waals surface area contributed by atoms with Crippen molar-refractivity contribution in [3.05, 3.63) is 0 Å². The summed E-state index contributed by atoms with van der Waals surface area (Å²) in [6.07, 6.45) is 5.92. The van der Waals surface area contributed by atoms with Crippen LogP contribution in [0.2, 0.25) is 0 Å². The lowest BCUT2D eigenvalue weighted by Gasteiger charge is -2.25.